The van der Waals surface area contributed by atoms with Gasteiger partial charge in [-0.2, -0.15) is 13.2 Å². The standard InChI is InChI=1S/C8H7F3OS/c9-8(10,11)7-2-1-6(13-7)3-5-4-12-5/h1-2,5H,3-4H2. The summed E-state index contributed by atoms with van der Waals surface area (Å²) >= 11 is 0.803. The van der Waals surface area contributed by atoms with Gasteiger partial charge < -0.3 is 4.74 Å². The molecule has 1 aromatic heterocycles. The quantitative estimate of drug-likeness (QED) is 0.681. The zero-order valence-corrected chi connectivity index (χ0v) is 7.41. The zero-order chi connectivity index (χ0) is 9.47. The lowest BCUT2D eigenvalue weighted by atomic mass is 10.3. The molecule has 0 aliphatic carbocycles. The van der Waals surface area contributed by atoms with E-state index in [1.807, 2.05) is 0 Å². The first-order chi connectivity index (χ1) is 6.05. The second kappa shape index (κ2) is 2.99. The van der Waals surface area contributed by atoms with Gasteiger partial charge >= 0.3 is 6.18 Å². The van der Waals surface area contributed by atoms with Crippen molar-refractivity contribution in [3.05, 3.63) is 21.9 Å². The maximum atomic E-state index is 12.1. The van der Waals surface area contributed by atoms with Crippen LogP contribution in [0.5, 0.6) is 0 Å². The van der Waals surface area contributed by atoms with Crippen LogP contribution in [-0.4, -0.2) is 12.7 Å². The maximum absolute atomic E-state index is 12.1. The van der Waals surface area contributed by atoms with Gasteiger partial charge in [0.2, 0.25) is 0 Å². The lowest BCUT2D eigenvalue weighted by molar-refractivity contribution is -0.134. The minimum Gasteiger partial charge on any atom is -0.373 e. The molecule has 0 aromatic carbocycles. The van der Waals surface area contributed by atoms with Crippen LogP contribution < -0.4 is 0 Å². The highest BCUT2D eigenvalue weighted by Crippen LogP contribution is 2.35. The molecular formula is C8H7F3OS. The van der Waals surface area contributed by atoms with Crippen LogP contribution in [0.1, 0.15) is 9.75 Å². The molecule has 1 atom stereocenters. The molecule has 1 aliphatic heterocycles. The van der Waals surface area contributed by atoms with E-state index in [0.29, 0.717) is 13.0 Å². The van der Waals surface area contributed by atoms with Crippen molar-refractivity contribution >= 4 is 11.3 Å². The predicted molar refractivity (Wildman–Crippen MR) is 42.8 cm³/mol. The number of ether oxygens (including phenoxy) is 1. The summed E-state index contributed by atoms with van der Waals surface area (Å²) in [6.45, 7) is 0.680. The lowest BCUT2D eigenvalue weighted by Gasteiger charge is -2.00. The largest absolute Gasteiger partial charge is 0.425 e. The van der Waals surface area contributed by atoms with Crippen molar-refractivity contribution in [1.82, 2.24) is 0 Å². The number of hydrogen-bond donors (Lipinski definition) is 0. The fourth-order valence-corrected chi connectivity index (χ4v) is 1.99. The fraction of sp³-hybridized carbons (Fsp3) is 0.500. The molecular weight excluding hydrogens is 201 g/mol. The van der Waals surface area contributed by atoms with Crippen LogP contribution >= 0.6 is 11.3 Å². The normalized spacial score (nSPS) is 21.9. The van der Waals surface area contributed by atoms with Crippen molar-refractivity contribution in [3.63, 3.8) is 0 Å². The van der Waals surface area contributed by atoms with Gasteiger partial charge in [0.25, 0.3) is 0 Å². The topological polar surface area (TPSA) is 12.5 Å². The van der Waals surface area contributed by atoms with Crippen molar-refractivity contribution in [2.24, 2.45) is 0 Å². The van der Waals surface area contributed by atoms with Crippen molar-refractivity contribution in [3.8, 4) is 0 Å². The van der Waals surface area contributed by atoms with Crippen LogP contribution in [-0.2, 0) is 17.3 Å². The summed E-state index contributed by atoms with van der Waals surface area (Å²) < 4.78 is 41.3. The van der Waals surface area contributed by atoms with Crippen molar-refractivity contribution < 1.29 is 17.9 Å². The van der Waals surface area contributed by atoms with Gasteiger partial charge in [-0.05, 0) is 12.1 Å². The Morgan fingerprint density at radius 3 is 2.62 bits per heavy atom. The first-order valence-electron chi connectivity index (χ1n) is 3.83. The first kappa shape index (κ1) is 9.02. The summed E-state index contributed by atoms with van der Waals surface area (Å²) in [7, 11) is 0. The third-order valence-corrected chi connectivity index (χ3v) is 2.92. The van der Waals surface area contributed by atoms with Crippen molar-refractivity contribution in [2.45, 2.75) is 18.7 Å². The molecule has 1 aliphatic rings. The van der Waals surface area contributed by atoms with Crippen molar-refractivity contribution in [1.29, 1.82) is 0 Å². The van der Waals surface area contributed by atoms with E-state index in [1.165, 1.54) is 6.07 Å². The maximum Gasteiger partial charge on any atom is 0.425 e. The Kier molecular flexibility index (Phi) is 2.08. The molecule has 0 spiro atoms. The summed E-state index contributed by atoms with van der Waals surface area (Å²) in [4.78, 5) is 0.220. The van der Waals surface area contributed by atoms with Crippen LogP contribution in [0.3, 0.4) is 0 Å². The molecule has 1 aromatic rings. The fourth-order valence-electron chi connectivity index (χ4n) is 1.05. The zero-order valence-electron chi connectivity index (χ0n) is 6.60. The molecule has 5 heteroatoms. The van der Waals surface area contributed by atoms with E-state index < -0.39 is 11.1 Å². The molecule has 2 heterocycles. The van der Waals surface area contributed by atoms with E-state index in [1.54, 1.807) is 0 Å². The van der Waals surface area contributed by atoms with E-state index in [0.717, 1.165) is 22.3 Å². The van der Waals surface area contributed by atoms with Gasteiger partial charge in [0.1, 0.15) is 4.88 Å². The van der Waals surface area contributed by atoms with Gasteiger partial charge in [-0.1, -0.05) is 0 Å². The Hall–Kier alpha value is -0.550. The SMILES string of the molecule is FC(F)(F)c1ccc(CC2CO2)s1. The number of epoxide rings is 1. The number of thiophene rings is 1. The van der Waals surface area contributed by atoms with Crippen LogP contribution in [0.15, 0.2) is 12.1 Å². The number of alkyl halides is 3. The number of hydrogen-bond acceptors (Lipinski definition) is 2. The van der Waals surface area contributed by atoms with Crippen LogP contribution in [0.4, 0.5) is 13.2 Å². The molecule has 72 valence electrons. The third kappa shape index (κ3) is 2.22. The van der Waals surface area contributed by atoms with Gasteiger partial charge in [-0.3, -0.25) is 0 Å². The Morgan fingerprint density at radius 2 is 2.15 bits per heavy atom. The van der Waals surface area contributed by atoms with Crippen LogP contribution in [0.25, 0.3) is 0 Å². The molecule has 0 bridgehead atoms. The second-order valence-electron chi connectivity index (χ2n) is 2.92. The summed E-state index contributed by atoms with van der Waals surface area (Å²) in [6.07, 6.45) is -3.44. The van der Waals surface area contributed by atoms with E-state index in [2.05, 4.69) is 0 Å². The van der Waals surface area contributed by atoms with Gasteiger partial charge in [0.15, 0.2) is 0 Å². The Balaban J connectivity index is 2.08. The van der Waals surface area contributed by atoms with E-state index in [4.69, 9.17) is 4.74 Å². The monoisotopic (exact) mass is 208 g/mol. The van der Waals surface area contributed by atoms with E-state index >= 15 is 0 Å². The predicted octanol–water partition coefficient (Wildman–Crippen LogP) is 2.71. The molecule has 1 unspecified atom stereocenters. The Labute approximate surface area is 77.1 Å². The molecule has 1 fully saturated rings. The summed E-state index contributed by atoms with van der Waals surface area (Å²) in [5.41, 5.74) is 0. The molecule has 13 heavy (non-hydrogen) atoms. The number of rotatable bonds is 2. The average molecular weight is 208 g/mol. The molecule has 1 nitrogen and oxygen atoms in total. The Bertz CT molecular complexity index is 301. The molecule has 2 rings (SSSR count). The average Bonchev–Trinajstić information content (AvgIpc) is 2.63. The number of halogens is 3. The summed E-state index contributed by atoms with van der Waals surface area (Å²) in [5.74, 6) is 0. The highest BCUT2D eigenvalue weighted by atomic mass is 32.1. The van der Waals surface area contributed by atoms with E-state index in [9.17, 15) is 13.2 Å². The molecule has 0 amide bonds. The van der Waals surface area contributed by atoms with E-state index in [-0.39, 0.29) is 6.10 Å². The van der Waals surface area contributed by atoms with Gasteiger partial charge in [-0.15, -0.1) is 11.3 Å². The second-order valence-corrected chi connectivity index (χ2v) is 4.09. The Morgan fingerprint density at radius 1 is 1.46 bits per heavy atom. The third-order valence-electron chi connectivity index (χ3n) is 1.77. The first-order valence-corrected chi connectivity index (χ1v) is 4.65. The smallest absolute Gasteiger partial charge is 0.373 e. The molecule has 0 N–H and O–H groups in total. The lowest BCUT2D eigenvalue weighted by Crippen LogP contribution is -2.00. The minimum absolute atomic E-state index is 0.153. The van der Waals surface area contributed by atoms with Crippen LogP contribution in [0.2, 0.25) is 0 Å². The highest BCUT2D eigenvalue weighted by molar-refractivity contribution is 7.12. The minimum atomic E-state index is -4.20. The van der Waals surface area contributed by atoms with Gasteiger partial charge in [-0.25, -0.2) is 0 Å². The summed E-state index contributed by atoms with van der Waals surface area (Å²) in [5, 5.41) is 0. The van der Waals surface area contributed by atoms with Gasteiger partial charge in [0.05, 0.1) is 12.7 Å². The molecule has 0 saturated carbocycles. The highest BCUT2D eigenvalue weighted by Gasteiger charge is 2.33. The van der Waals surface area contributed by atoms with Crippen molar-refractivity contribution in [2.75, 3.05) is 6.61 Å². The van der Waals surface area contributed by atoms with Crippen LogP contribution in [0, 0.1) is 0 Å². The molecule has 1 saturated heterocycles. The molecule has 0 radical (unpaired) electrons. The van der Waals surface area contributed by atoms with Gasteiger partial charge in [0, 0.05) is 11.3 Å². The summed E-state index contributed by atoms with van der Waals surface area (Å²) in [6, 6.07) is 2.65.